The number of sulfone groups is 1. The summed E-state index contributed by atoms with van der Waals surface area (Å²) in [6.45, 7) is 4.05. The summed E-state index contributed by atoms with van der Waals surface area (Å²) in [6.07, 6.45) is 1.40. The molecule has 4 nitrogen and oxygen atoms in total. The highest BCUT2D eigenvalue weighted by atomic mass is 35.5. The normalized spacial score (nSPS) is 11.6. The Morgan fingerprint density at radius 3 is 2.38 bits per heavy atom. The van der Waals surface area contributed by atoms with E-state index in [4.69, 9.17) is 11.6 Å². The summed E-state index contributed by atoms with van der Waals surface area (Å²) in [5.41, 5.74) is 4.19. The Bertz CT molecular complexity index is 1320. The van der Waals surface area contributed by atoms with Crippen LogP contribution in [0.4, 0.5) is 11.4 Å². The van der Waals surface area contributed by atoms with Crippen molar-refractivity contribution in [2.24, 2.45) is 0 Å². The first-order chi connectivity index (χ1) is 13.9. The van der Waals surface area contributed by atoms with E-state index in [1.807, 2.05) is 32.0 Å². The molecule has 6 heteroatoms. The summed E-state index contributed by atoms with van der Waals surface area (Å²) >= 11 is 6.22. The zero-order valence-electron chi connectivity index (χ0n) is 16.0. The number of rotatable bonds is 4. The van der Waals surface area contributed by atoms with Crippen LogP contribution in [0.5, 0.6) is 0 Å². The van der Waals surface area contributed by atoms with E-state index in [0.717, 1.165) is 16.8 Å². The number of pyridine rings is 1. The molecule has 0 aliphatic rings. The third kappa shape index (κ3) is 3.71. The van der Waals surface area contributed by atoms with Gasteiger partial charge in [0.1, 0.15) is 4.90 Å². The van der Waals surface area contributed by atoms with E-state index >= 15 is 0 Å². The summed E-state index contributed by atoms with van der Waals surface area (Å²) in [4.78, 5) is 4.69. The van der Waals surface area contributed by atoms with Crippen molar-refractivity contribution in [1.82, 2.24) is 4.98 Å². The summed E-state index contributed by atoms with van der Waals surface area (Å²) < 4.78 is 26.8. The third-order valence-corrected chi connectivity index (χ3v) is 6.93. The van der Waals surface area contributed by atoms with E-state index in [1.54, 1.807) is 48.5 Å². The predicted octanol–water partition coefficient (Wildman–Crippen LogP) is 6.08. The van der Waals surface area contributed by atoms with Crippen molar-refractivity contribution in [2.45, 2.75) is 23.6 Å². The molecule has 4 rings (SSSR count). The monoisotopic (exact) mass is 422 g/mol. The highest BCUT2D eigenvalue weighted by Crippen LogP contribution is 2.36. The minimum atomic E-state index is -3.78. The number of halogens is 1. The van der Waals surface area contributed by atoms with Gasteiger partial charge in [0, 0.05) is 22.3 Å². The molecule has 1 heterocycles. The maximum Gasteiger partial charge on any atom is 0.210 e. The lowest BCUT2D eigenvalue weighted by Gasteiger charge is -2.16. The van der Waals surface area contributed by atoms with Crippen molar-refractivity contribution in [3.8, 4) is 0 Å². The first-order valence-electron chi connectivity index (χ1n) is 9.09. The first-order valence-corrected chi connectivity index (χ1v) is 10.9. The second-order valence-electron chi connectivity index (χ2n) is 6.90. The number of hydrogen-bond acceptors (Lipinski definition) is 4. The number of benzene rings is 3. The summed E-state index contributed by atoms with van der Waals surface area (Å²) in [7, 11) is -3.78. The summed E-state index contributed by atoms with van der Waals surface area (Å²) in [5, 5.41) is 4.47. The standard InChI is InChI=1S/C23H19ClN2O2S/c1-15-8-10-18(12-16(15)2)26-23-20-13-17(24)9-11-21(20)25-14-22(23)29(27,28)19-6-4-3-5-7-19/h3-14H,1-2H3,(H,25,26). The molecular formula is C23H19ClN2O2S. The number of aryl methyl sites for hydroxylation is 2. The van der Waals surface area contributed by atoms with Gasteiger partial charge in [0.25, 0.3) is 0 Å². The molecule has 0 fully saturated rings. The Morgan fingerprint density at radius 1 is 0.897 bits per heavy atom. The van der Waals surface area contributed by atoms with Gasteiger partial charge in [-0.25, -0.2) is 8.42 Å². The van der Waals surface area contributed by atoms with Crippen LogP contribution in [-0.4, -0.2) is 13.4 Å². The molecule has 0 bridgehead atoms. The Hall–Kier alpha value is -2.89. The molecule has 0 spiro atoms. The highest BCUT2D eigenvalue weighted by Gasteiger charge is 2.24. The van der Waals surface area contributed by atoms with Crippen LogP contribution in [0.3, 0.4) is 0 Å². The second kappa shape index (κ2) is 7.50. The fraction of sp³-hybridized carbons (Fsp3) is 0.0870. The Kier molecular flexibility index (Phi) is 5.03. The Morgan fingerprint density at radius 2 is 1.66 bits per heavy atom. The molecule has 0 saturated carbocycles. The van der Waals surface area contributed by atoms with Gasteiger partial charge in [-0.15, -0.1) is 0 Å². The zero-order valence-corrected chi connectivity index (χ0v) is 17.6. The maximum atomic E-state index is 13.4. The van der Waals surface area contributed by atoms with Gasteiger partial charge in [-0.3, -0.25) is 4.98 Å². The lowest BCUT2D eigenvalue weighted by molar-refractivity contribution is 0.596. The molecule has 4 aromatic rings. The Labute approximate surface area is 175 Å². The molecule has 1 aromatic heterocycles. The number of hydrogen-bond donors (Lipinski definition) is 1. The van der Waals surface area contributed by atoms with E-state index in [-0.39, 0.29) is 9.79 Å². The lowest BCUT2D eigenvalue weighted by Crippen LogP contribution is -2.07. The van der Waals surface area contributed by atoms with Crippen LogP contribution >= 0.6 is 11.6 Å². The SMILES string of the molecule is Cc1ccc(Nc2c(S(=O)(=O)c3ccccc3)cnc3ccc(Cl)cc23)cc1C. The molecule has 3 aromatic carbocycles. The van der Waals surface area contributed by atoms with Crippen LogP contribution in [-0.2, 0) is 9.84 Å². The van der Waals surface area contributed by atoms with Gasteiger partial charge in [-0.1, -0.05) is 35.9 Å². The van der Waals surface area contributed by atoms with Crippen molar-refractivity contribution in [3.05, 3.63) is 89.1 Å². The van der Waals surface area contributed by atoms with E-state index in [1.165, 1.54) is 6.20 Å². The number of nitrogens with zero attached hydrogens (tertiary/aromatic N) is 1. The second-order valence-corrected chi connectivity index (χ2v) is 9.25. The smallest absolute Gasteiger partial charge is 0.210 e. The molecule has 0 radical (unpaired) electrons. The topological polar surface area (TPSA) is 59.1 Å². The van der Waals surface area contributed by atoms with Gasteiger partial charge in [-0.05, 0) is 67.4 Å². The number of nitrogens with one attached hydrogen (secondary N) is 1. The highest BCUT2D eigenvalue weighted by molar-refractivity contribution is 7.91. The summed E-state index contributed by atoms with van der Waals surface area (Å²) in [6, 6.07) is 19.5. The molecule has 1 N–H and O–H groups in total. The quantitative estimate of drug-likeness (QED) is 0.432. The van der Waals surface area contributed by atoms with Gasteiger partial charge in [0.05, 0.1) is 16.1 Å². The fourth-order valence-electron chi connectivity index (χ4n) is 3.17. The van der Waals surface area contributed by atoms with Crippen LogP contribution in [0, 0.1) is 13.8 Å². The first kappa shape index (κ1) is 19.4. The van der Waals surface area contributed by atoms with Gasteiger partial charge in [-0.2, -0.15) is 0 Å². The molecule has 0 amide bonds. The van der Waals surface area contributed by atoms with E-state index in [2.05, 4.69) is 10.3 Å². The number of anilines is 2. The average molecular weight is 423 g/mol. The van der Waals surface area contributed by atoms with Crippen LogP contribution in [0.2, 0.25) is 5.02 Å². The van der Waals surface area contributed by atoms with Gasteiger partial charge in [0.2, 0.25) is 9.84 Å². The number of aromatic nitrogens is 1. The van der Waals surface area contributed by atoms with Crippen molar-refractivity contribution in [3.63, 3.8) is 0 Å². The Balaban J connectivity index is 1.97. The summed E-state index contributed by atoms with van der Waals surface area (Å²) in [5.74, 6) is 0. The van der Waals surface area contributed by atoms with Crippen molar-refractivity contribution in [1.29, 1.82) is 0 Å². The van der Waals surface area contributed by atoms with Crippen LogP contribution in [0.1, 0.15) is 11.1 Å². The van der Waals surface area contributed by atoms with Gasteiger partial charge >= 0.3 is 0 Å². The van der Waals surface area contributed by atoms with Gasteiger partial charge < -0.3 is 5.32 Å². The van der Waals surface area contributed by atoms with Crippen molar-refractivity contribution >= 4 is 43.7 Å². The van der Waals surface area contributed by atoms with E-state index in [0.29, 0.717) is 21.6 Å². The van der Waals surface area contributed by atoms with E-state index < -0.39 is 9.84 Å². The molecule has 0 aliphatic heterocycles. The molecule has 146 valence electrons. The lowest BCUT2D eigenvalue weighted by atomic mass is 10.1. The minimum absolute atomic E-state index is 0.108. The largest absolute Gasteiger partial charge is 0.354 e. The predicted molar refractivity (Wildman–Crippen MR) is 118 cm³/mol. The third-order valence-electron chi connectivity index (χ3n) is 4.91. The molecule has 0 aliphatic carbocycles. The van der Waals surface area contributed by atoms with Crippen LogP contribution in [0.25, 0.3) is 10.9 Å². The zero-order chi connectivity index (χ0) is 20.6. The minimum Gasteiger partial charge on any atom is -0.354 e. The van der Waals surface area contributed by atoms with Crippen LogP contribution < -0.4 is 5.32 Å². The fourth-order valence-corrected chi connectivity index (χ4v) is 4.73. The van der Waals surface area contributed by atoms with Crippen LogP contribution in [0.15, 0.2) is 82.7 Å². The molecule has 0 saturated heterocycles. The molecule has 29 heavy (non-hydrogen) atoms. The molecule has 0 atom stereocenters. The average Bonchev–Trinajstić information content (AvgIpc) is 2.71. The van der Waals surface area contributed by atoms with E-state index in [9.17, 15) is 8.42 Å². The molecule has 0 unspecified atom stereocenters. The van der Waals surface area contributed by atoms with Gasteiger partial charge in [0.15, 0.2) is 0 Å². The number of fused-ring (bicyclic) bond motifs is 1. The van der Waals surface area contributed by atoms with Crippen molar-refractivity contribution in [2.75, 3.05) is 5.32 Å². The maximum absolute atomic E-state index is 13.4. The van der Waals surface area contributed by atoms with Crippen molar-refractivity contribution < 1.29 is 8.42 Å². The molecular weight excluding hydrogens is 404 g/mol.